The van der Waals surface area contributed by atoms with Gasteiger partial charge in [0.1, 0.15) is 0 Å². The van der Waals surface area contributed by atoms with E-state index in [0.717, 1.165) is 18.4 Å². The molecule has 2 rings (SSSR count). The molecule has 0 N–H and O–H groups in total. The first-order chi connectivity index (χ1) is 6.40. The van der Waals surface area contributed by atoms with Crippen molar-refractivity contribution in [2.75, 3.05) is 0 Å². The highest BCUT2D eigenvalue weighted by Crippen LogP contribution is 2.28. The normalized spacial score (nSPS) is 15.4. The fraction of sp³-hybridized carbons (Fsp3) is 0.400. The van der Waals surface area contributed by atoms with Crippen molar-refractivity contribution < 1.29 is 0 Å². The van der Waals surface area contributed by atoms with Gasteiger partial charge in [0.15, 0.2) is 0 Å². The van der Waals surface area contributed by atoms with E-state index in [-0.39, 0.29) is 0 Å². The van der Waals surface area contributed by atoms with Gasteiger partial charge >= 0.3 is 0 Å². The number of benzene rings is 1. The smallest absolute Gasteiger partial charge is 0.0645 e. The van der Waals surface area contributed by atoms with E-state index in [2.05, 4.69) is 5.29 Å². The Morgan fingerprint density at radius 1 is 1.31 bits per heavy atom. The van der Waals surface area contributed by atoms with Gasteiger partial charge in [-0.25, -0.2) is 0 Å². The molecule has 1 fully saturated rings. The highest BCUT2D eigenvalue weighted by molar-refractivity contribution is 5.14. The number of hydrogen-bond acceptors (Lipinski definition) is 2. The van der Waals surface area contributed by atoms with Crippen LogP contribution < -0.4 is 0 Å². The zero-order valence-corrected chi connectivity index (χ0v) is 7.39. The average molecular weight is 176 g/mol. The Hall–Kier alpha value is -1.38. The van der Waals surface area contributed by atoms with Crippen molar-refractivity contribution in [2.24, 2.45) is 5.29 Å². The Morgan fingerprint density at radius 3 is 2.54 bits per heavy atom. The summed E-state index contributed by atoms with van der Waals surface area (Å²) in [5.74, 6) is 0. The predicted molar refractivity (Wildman–Crippen MR) is 50.8 cm³/mol. The van der Waals surface area contributed by atoms with Gasteiger partial charge in [0.05, 0.1) is 17.9 Å². The third-order valence-corrected chi connectivity index (χ3v) is 2.26. The molecular weight excluding hydrogens is 164 g/mol. The van der Waals surface area contributed by atoms with Crippen molar-refractivity contribution in [3.8, 4) is 0 Å². The molecule has 1 aliphatic carbocycles. The van der Waals surface area contributed by atoms with Gasteiger partial charge in [-0.1, -0.05) is 30.3 Å². The fourth-order valence-corrected chi connectivity index (χ4v) is 1.37. The van der Waals surface area contributed by atoms with Crippen LogP contribution in [0.2, 0.25) is 0 Å². The molecule has 0 bridgehead atoms. The van der Waals surface area contributed by atoms with Crippen molar-refractivity contribution >= 4 is 0 Å². The SMILES string of the molecule is O=NN(Cc1ccccc1)C1CC1. The molecule has 0 radical (unpaired) electrons. The topological polar surface area (TPSA) is 32.7 Å². The van der Waals surface area contributed by atoms with Crippen molar-refractivity contribution in [3.05, 3.63) is 40.8 Å². The van der Waals surface area contributed by atoms with Crippen molar-refractivity contribution in [1.82, 2.24) is 5.01 Å². The van der Waals surface area contributed by atoms with E-state index in [4.69, 9.17) is 0 Å². The summed E-state index contributed by atoms with van der Waals surface area (Å²) < 4.78 is 0. The summed E-state index contributed by atoms with van der Waals surface area (Å²) in [5, 5.41) is 4.66. The van der Waals surface area contributed by atoms with Crippen LogP contribution in [0.1, 0.15) is 18.4 Å². The van der Waals surface area contributed by atoms with E-state index < -0.39 is 0 Å². The van der Waals surface area contributed by atoms with Gasteiger partial charge in [0.25, 0.3) is 0 Å². The van der Waals surface area contributed by atoms with Crippen molar-refractivity contribution in [1.29, 1.82) is 0 Å². The molecule has 1 aliphatic rings. The summed E-state index contributed by atoms with van der Waals surface area (Å²) in [4.78, 5) is 10.5. The second-order valence-electron chi connectivity index (χ2n) is 3.40. The monoisotopic (exact) mass is 176 g/mol. The molecule has 1 aromatic carbocycles. The molecule has 1 saturated carbocycles. The Kier molecular flexibility index (Phi) is 2.25. The largest absolute Gasteiger partial charge is 0.253 e. The quantitative estimate of drug-likeness (QED) is 0.521. The molecule has 68 valence electrons. The lowest BCUT2D eigenvalue weighted by Crippen LogP contribution is -2.18. The number of nitroso groups, excluding NO2 is 1. The molecule has 0 unspecified atom stereocenters. The Morgan fingerprint density at radius 2 is 2.00 bits per heavy atom. The van der Waals surface area contributed by atoms with E-state index in [1.165, 1.54) is 0 Å². The molecule has 3 nitrogen and oxygen atoms in total. The van der Waals surface area contributed by atoms with Gasteiger partial charge in [0.2, 0.25) is 0 Å². The maximum absolute atomic E-state index is 10.5. The van der Waals surface area contributed by atoms with Gasteiger partial charge in [-0.3, -0.25) is 5.01 Å². The van der Waals surface area contributed by atoms with Crippen LogP contribution in [0.5, 0.6) is 0 Å². The maximum atomic E-state index is 10.5. The standard InChI is InChI=1S/C10H12N2O/c13-11-12(10-6-7-10)8-9-4-2-1-3-5-9/h1-5,10H,6-8H2. The highest BCUT2D eigenvalue weighted by atomic mass is 16.3. The first kappa shape index (κ1) is 8.23. The second-order valence-corrected chi connectivity index (χ2v) is 3.40. The molecule has 0 spiro atoms. The van der Waals surface area contributed by atoms with Crippen LogP contribution >= 0.6 is 0 Å². The Balaban J connectivity index is 1.99. The van der Waals surface area contributed by atoms with Crippen LogP contribution in [0.15, 0.2) is 35.6 Å². The van der Waals surface area contributed by atoms with Gasteiger partial charge in [-0.15, -0.1) is 4.91 Å². The van der Waals surface area contributed by atoms with Crippen LogP contribution in [-0.4, -0.2) is 11.1 Å². The van der Waals surface area contributed by atoms with Gasteiger partial charge < -0.3 is 0 Å². The fourth-order valence-electron chi connectivity index (χ4n) is 1.37. The molecule has 0 aliphatic heterocycles. The summed E-state index contributed by atoms with van der Waals surface area (Å²) in [6.45, 7) is 0.648. The van der Waals surface area contributed by atoms with Gasteiger partial charge in [-0.05, 0) is 18.4 Å². The summed E-state index contributed by atoms with van der Waals surface area (Å²) in [6, 6.07) is 10.4. The minimum absolute atomic E-state index is 0.401. The molecule has 3 heteroatoms. The molecule has 0 heterocycles. The van der Waals surface area contributed by atoms with Crippen molar-refractivity contribution in [3.63, 3.8) is 0 Å². The third-order valence-electron chi connectivity index (χ3n) is 2.26. The molecule has 13 heavy (non-hydrogen) atoms. The van der Waals surface area contributed by atoms with E-state index >= 15 is 0 Å². The van der Waals surface area contributed by atoms with Crippen LogP contribution in [-0.2, 0) is 6.54 Å². The number of rotatable bonds is 4. The molecular formula is C10H12N2O. The molecule has 0 aromatic heterocycles. The number of nitrogens with zero attached hydrogens (tertiary/aromatic N) is 2. The Labute approximate surface area is 77.3 Å². The van der Waals surface area contributed by atoms with E-state index in [1.54, 1.807) is 5.01 Å². The van der Waals surface area contributed by atoms with Crippen molar-refractivity contribution in [2.45, 2.75) is 25.4 Å². The number of hydrogen-bond donors (Lipinski definition) is 0. The Bertz CT molecular complexity index is 282. The first-order valence-electron chi connectivity index (χ1n) is 4.54. The summed E-state index contributed by atoms with van der Waals surface area (Å²) in [7, 11) is 0. The zero-order chi connectivity index (χ0) is 9.10. The first-order valence-corrected chi connectivity index (χ1v) is 4.54. The highest BCUT2D eigenvalue weighted by Gasteiger charge is 2.29. The van der Waals surface area contributed by atoms with Crippen LogP contribution in [0.4, 0.5) is 0 Å². The van der Waals surface area contributed by atoms with E-state index in [0.29, 0.717) is 12.6 Å². The maximum Gasteiger partial charge on any atom is 0.0645 e. The molecule has 1 aromatic rings. The van der Waals surface area contributed by atoms with Crippen LogP contribution in [0.25, 0.3) is 0 Å². The minimum Gasteiger partial charge on any atom is -0.253 e. The van der Waals surface area contributed by atoms with Crippen LogP contribution in [0.3, 0.4) is 0 Å². The zero-order valence-electron chi connectivity index (χ0n) is 7.39. The summed E-state index contributed by atoms with van der Waals surface area (Å²) in [6.07, 6.45) is 2.22. The molecule has 0 atom stereocenters. The lowest BCUT2D eigenvalue weighted by atomic mass is 10.2. The third kappa shape index (κ3) is 2.05. The average Bonchev–Trinajstić information content (AvgIpc) is 2.99. The second kappa shape index (κ2) is 3.56. The summed E-state index contributed by atoms with van der Waals surface area (Å²) >= 11 is 0. The van der Waals surface area contributed by atoms with Gasteiger partial charge in [0, 0.05) is 0 Å². The lowest BCUT2D eigenvalue weighted by molar-refractivity contribution is 0.264. The minimum atomic E-state index is 0.401. The van der Waals surface area contributed by atoms with Gasteiger partial charge in [-0.2, -0.15) is 0 Å². The molecule has 0 amide bonds. The van der Waals surface area contributed by atoms with Crippen LogP contribution in [0, 0.1) is 4.91 Å². The molecule has 0 saturated heterocycles. The van der Waals surface area contributed by atoms with E-state index in [1.807, 2.05) is 30.3 Å². The predicted octanol–water partition coefficient (Wildman–Crippen LogP) is 2.33. The van der Waals surface area contributed by atoms with E-state index in [9.17, 15) is 4.91 Å². The lowest BCUT2D eigenvalue weighted by Gasteiger charge is -2.13. The summed E-state index contributed by atoms with van der Waals surface area (Å²) in [5.41, 5.74) is 1.15.